The molecule has 1 atom stereocenters. The van der Waals surface area contributed by atoms with Crippen molar-refractivity contribution in [3.05, 3.63) is 94.1 Å². The molecule has 0 bridgehead atoms. The number of benzene rings is 3. The molecule has 5 rings (SSSR count). The molecule has 1 aliphatic rings. The van der Waals surface area contributed by atoms with Crippen LogP contribution >= 0.6 is 11.3 Å². The number of nitrogens with zero attached hydrogens (tertiary/aromatic N) is 1. The van der Waals surface area contributed by atoms with Crippen LogP contribution in [0.25, 0.3) is 26.8 Å². The summed E-state index contributed by atoms with van der Waals surface area (Å²) in [5.41, 5.74) is 7.26. The van der Waals surface area contributed by atoms with Gasteiger partial charge in [0.15, 0.2) is 0 Å². The molecule has 1 fully saturated rings. The van der Waals surface area contributed by atoms with E-state index in [2.05, 4.69) is 42.7 Å². The van der Waals surface area contributed by atoms with E-state index in [1.54, 1.807) is 29.5 Å². The minimum Gasteiger partial charge on any atom is -0.508 e. The maximum absolute atomic E-state index is 14.0. The summed E-state index contributed by atoms with van der Waals surface area (Å²) in [5, 5.41) is 11.2. The Hall–Kier alpha value is -2.95. The van der Waals surface area contributed by atoms with Crippen LogP contribution in [0.1, 0.15) is 46.9 Å². The van der Waals surface area contributed by atoms with Crippen molar-refractivity contribution in [3.63, 3.8) is 0 Å². The first-order valence-electron chi connectivity index (χ1n) is 12.8. The fraction of sp³-hybridized carbons (Fsp3) is 0.312. The van der Waals surface area contributed by atoms with Gasteiger partial charge in [0.2, 0.25) is 0 Å². The van der Waals surface area contributed by atoms with E-state index in [0.717, 1.165) is 60.7 Å². The lowest BCUT2D eigenvalue weighted by molar-refractivity contribution is 0.323. The topological polar surface area (TPSA) is 23.5 Å². The normalized spacial score (nSPS) is 16.2. The van der Waals surface area contributed by atoms with Gasteiger partial charge in [-0.25, -0.2) is 4.39 Å². The Balaban J connectivity index is 1.46. The average molecular weight is 500 g/mol. The zero-order valence-corrected chi connectivity index (χ0v) is 22.2. The molecule has 0 spiro atoms. The number of rotatable bonds is 7. The van der Waals surface area contributed by atoms with Gasteiger partial charge in [-0.2, -0.15) is 0 Å². The van der Waals surface area contributed by atoms with E-state index in [1.165, 1.54) is 38.0 Å². The molecule has 1 saturated heterocycles. The molecule has 1 aliphatic heterocycles. The number of phenolic OH excluding ortho intramolecular Hbond substituents is 1. The van der Waals surface area contributed by atoms with Crippen LogP contribution in [-0.4, -0.2) is 29.6 Å². The van der Waals surface area contributed by atoms with Gasteiger partial charge in [-0.3, -0.25) is 0 Å². The summed E-state index contributed by atoms with van der Waals surface area (Å²) in [5.74, 6) is 0.861. The summed E-state index contributed by atoms with van der Waals surface area (Å²) in [6.45, 7) is 14.3. The Morgan fingerprint density at radius 2 is 1.81 bits per heavy atom. The molecule has 0 aliphatic carbocycles. The highest BCUT2D eigenvalue weighted by molar-refractivity contribution is 7.20. The van der Waals surface area contributed by atoms with Crippen molar-refractivity contribution in [1.82, 2.24) is 4.90 Å². The Morgan fingerprint density at radius 3 is 2.47 bits per heavy atom. The van der Waals surface area contributed by atoms with Crippen molar-refractivity contribution in [2.24, 2.45) is 5.92 Å². The van der Waals surface area contributed by atoms with Crippen LogP contribution in [0, 0.1) is 25.6 Å². The highest BCUT2D eigenvalue weighted by Gasteiger charge is 2.21. The Morgan fingerprint density at radius 1 is 1.08 bits per heavy atom. The van der Waals surface area contributed by atoms with Crippen molar-refractivity contribution < 1.29 is 9.50 Å². The molecule has 1 unspecified atom stereocenters. The third-order valence-electron chi connectivity index (χ3n) is 7.44. The largest absolute Gasteiger partial charge is 0.508 e. The molecular weight excluding hydrogens is 465 g/mol. The van der Waals surface area contributed by atoms with Crippen molar-refractivity contribution >= 4 is 27.0 Å². The van der Waals surface area contributed by atoms with Crippen LogP contribution in [0.4, 0.5) is 4.39 Å². The number of likely N-dealkylation sites (tertiary alicyclic amines) is 1. The quantitative estimate of drug-likeness (QED) is 0.276. The van der Waals surface area contributed by atoms with Gasteiger partial charge in [0.05, 0.1) is 0 Å². The summed E-state index contributed by atoms with van der Waals surface area (Å²) >= 11 is 1.63. The molecule has 4 heteroatoms. The summed E-state index contributed by atoms with van der Waals surface area (Å²) in [4.78, 5) is 3.65. The van der Waals surface area contributed by atoms with Crippen LogP contribution in [-0.2, 0) is 6.42 Å². The number of hydrogen-bond donors (Lipinski definition) is 1. The zero-order valence-electron chi connectivity index (χ0n) is 21.4. The summed E-state index contributed by atoms with van der Waals surface area (Å²) in [7, 11) is 0. The van der Waals surface area contributed by atoms with Gasteiger partial charge in [-0.1, -0.05) is 37.8 Å². The lowest BCUT2D eigenvalue weighted by Crippen LogP contribution is -2.21. The van der Waals surface area contributed by atoms with Crippen LogP contribution in [0.5, 0.6) is 5.75 Å². The maximum Gasteiger partial charge on any atom is 0.123 e. The maximum atomic E-state index is 14.0. The van der Waals surface area contributed by atoms with Crippen LogP contribution in [0.3, 0.4) is 0 Å². The van der Waals surface area contributed by atoms with E-state index >= 15 is 0 Å². The van der Waals surface area contributed by atoms with E-state index < -0.39 is 0 Å². The van der Waals surface area contributed by atoms with E-state index in [1.807, 2.05) is 26.0 Å². The second-order valence-electron chi connectivity index (χ2n) is 10.4. The van der Waals surface area contributed by atoms with E-state index in [0.29, 0.717) is 0 Å². The molecule has 0 radical (unpaired) electrons. The number of phenols is 1. The fourth-order valence-corrected chi connectivity index (χ4v) is 6.89. The molecule has 36 heavy (non-hydrogen) atoms. The predicted octanol–water partition coefficient (Wildman–Crippen LogP) is 8.37. The molecule has 3 aromatic carbocycles. The van der Waals surface area contributed by atoms with Crippen molar-refractivity contribution in [1.29, 1.82) is 0 Å². The minimum absolute atomic E-state index is 0.224. The minimum atomic E-state index is -0.224. The molecule has 1 aromatic heterocycles. The van der Waals surface area contributed by atoms with Gasteiger partial charge in [0.1, 0.15) is 11.6 Å². The molecule has 2 nitrogen and oxygen atoms in total. The lowest BCUT2D eigenvalue weighted by Gasteiger charge is -2.15. The highest BCUT2D eigenvalue weighted by atomic mass is 32.1. The number of aryl methyl sites for hydroxylation is 3. The van der Waals surface area contributed by atoms with Crippen LogP contribution < -0.4 is 0 Å². The van der Waals surface area contributed by atoms with Gasteiger partial charge in [-0.05, 0) is 116 Å². The molecule has 2 heterocycles. The van der Waals surface area contributed by atoms with Gasteiger partial charge < -0.3 is 10.0 Å². The molecule has 0 saturated carbocycles. The summed E-state index contributed by atoms with van der Waals surface area (Å²) in [6, 6.07) is 17.6. The smallest absolute Gasteiger partial charge is 0.123 e. The first-order chi connectivity index (χ1) is 17.3. The highest BCUT2D eigenvalue weighted by Crippen LogP contribution is 2.45. The third kappa shape index (κ3) is 4.98. The monoisotopic (exact) mass is 499 g/mol. The number of fused-ring (bicyclic) bond motifs is 1. The molecule has 4 aromatic rings. The Bertz CT molecular complexity index is 1400. The van der Waals surface area contributed by atoms with Gasteiger partial charge in [-0.15, -0.1) is 11.3 Å². The van der Waals surface area contributed by atoms with Gasteiger partial charge >= 0.3 is 0 Å². The van der Waals surface area contributed by atoms with E-state index in [9.17, 15) is 9.50 Å². The van der Waals surface area contributed by atoms with Gasteiger partial charge in [0, 0.05) is 27.1 Å². The van der Waals surface area contributed by atoms with Crippen molar-refractivity contribution in [3.8, 4) is 16.9 Å². The Labute approximate surface area is 217 Å². The van der Waals surface area contributed by atoms with E-state index in [4.69, 9.17) is 0 Å². The first-order valence-corrected chi connectivity index (χ1v) is 13.7. The number of halogens is 1. The number of aromatic hydroxyl groups is 1. The second-order valence-corrected chi connectivity index (χ2v) is 11.4. The molecule has 0 amide bonds. The molecule has 1 N–H and O–H groups in total. The fourth-order valence-electron chi connectivity index (χ4n) is 5.66. The lowest BCUT2D eigenvalue weighted by atomic mass is 9.91. The predicted molar refractivity (Wildman–Crippen MR) is 151 cm³/mol. The van der Waals surface area contributed by atoms with Gasteiger partial charge in [0.25, 0.3) is 0 Å². The SMILES string of the molecule is C=C(c1sc2cc(O)ccc2c1-c1ccc(CCCN2CCC(C)C2)cc1)c1c(C)cc(F)cc1C. The zero-order chi connectivity index (χ0) is 25.4. The van der Waals surface area contributed by atoms with Crippen molar-refractivity contribution in [2.45, 2.75) is 40.0 Å². The summed E-state index contributed by atoms with van der Waals surface area (Å²) in [6.07, 6.45) is 3.58. The molecular formula is C32H34FNOS. The summed E-state index contributed by atoms with van der Waals surface area (Å²) < 4.78 is 15.0. The standard InChI is InChI=1S/C32H34FNOS/c1-20-13-15-34(19-20)14-5-6-24-7-9-25(10-8-24)31-28-12-11-27(35)18-29(28)36-32(31)23(4)30-21(2)16-26(33)17-22(30)3/h7-12,16-18,20,35H,4-6,13-15,19H2,1-3H3. The third-order valence-corrected chi connectivity index (χ3v) is 8.65. The number of thiophene rings is 1. The van der Waals surface area contributed by atoms with Crippen LogP contribution in [0.2, 0.25) is 0 Å². The van der Waals surface area contributed by atoms with Crippen molar-refractivity contribution in [2.75, 3.05) is 19.6 Å². The van der Waals surface area contributed by atoms with Crippen LogP contribution in [0.15, 0.2) is 61.2 Å². The average Bonchev–Trinajstić information content (AvgIpc) is 3.41. The van der Waals surface area contributed by atoms with E-state index in [-0.39, 0.29) is 11.6 Å². The second kappa shape index (κ2) is 10.2. The molecule has 186 valence electrons. The Kier molecular flexibility index (Phi) is 7.00. The number of hydrogen-bond acceptors (Lipinski definition) is 3. The first kappa shape index (κ1) is 24.7.